The van der Waals surface area contributed by atoms with E-state index >= 15 is 0 Å². The van der Waals surface area contributed by atoms with Crippen molar-refractivity contribution >= 4 is 40.3 Å². The van der Waals surface area contributed by atoms with Gasteiger partial charge < -0.3 is 5.32 Å². The minimum atomic E-state index is -0.0667. The number of nitrogens with one attached hydrogen (secondary N) is 1. The molecule has 4 aromatic rings. The number of hydrogen-bond donors (Lipinski definition) is 1. The first-order valence-electron chi connectivity index (χ1n) is 9.10. The number of aromatic nitrogens is 5. The first-order chi connectivity index (χ1) is 14.0. The lowest BCUT2D eigenvalue weighted by Gasteiger charge is -2.04. The minimum Gasteiger partial charge on any atom is -0.326 e. The van der Waals surface area contributed by atoms with Crippen molar-refractivity contribution in [1.82, 2.24) is 24.6 Å². The summed E-state index contributed by atoms with van der Waals surface area (Å²) < 4.78 is 1.94. The smallest absolute Gasteiger partial charge is 0.231 e. The zero-order valence-corrected chi connectivity index (χ0v) is 18.0. The van der Waals surface area contributed by atoms with Crippen molar-refractivity contribution in [3.8, 4) is 0 Å². The second-order valence-electron chi connectivity index (χ2n) is 6.73. The average Bonchev–Trinajstić information content (AvgIpc) is 3.28. The largest absolute Gasteiger partial charge is 0.326 e. The molecule has 4 rings (SSSR count). The molecule has 0 aliphatic carbocycles. The highest BCUT2D eigenvalue weighted by Gasteiger charge is 2.12. The Labute approximate surface area is 176 Å². The molecule has 0 radical (unpaired) electrons. The monoisotopic (exact) mass is 424 g/mol. The maximum atomic E-state index is 12.3. The number of carbonyl (C=O) groups excluding carboxylic acids is 1. The molecule has 7 nitrogen and oxygen atoms in total. The van der Waals surface area contributed by atoms with E-state index in [2.05, 4.69) is 25.5 Å². The maximum absolute atomic E-state index is 12.3. The summed E-state index contributed by atoms with van der Waals surface area (Å²) >= 11 is 3.06. The van der Waals surface area contributed by atoms with Gasteiger partial charge in [0.1, 0.15) is 10.8 Å². The fourth-order valence-corrected chi connectivity index (χ4v) is 4.69. The Hall–Kier alpha value is -2.78. The van der Waals surface area contributed by atoms with Crippen LogP contribution in [-0.2, 0) is 17.0 Å². The second kappa shape index (κ2) is 8.30. The van der Waals surface area contributed by atoms with Crippen LogP contribution in [0.4, 0.5) is 5.69 Å². The van der Waals surface area contributed by atoms with Crippen molar-refractivity contribution in [3.63, 3.8) is 0 Å². The third-order valence-electron chi connectivity index (χ3n) is 4.25. The highest BCUT2D eigenvalue weighted by molar-refractivity contribution is 7.98. The number of hydrogen-bond acceptors (Lipinski definition) is 7. The van der Waals surface area contributed by atoms with Gasteiger partial charge in [0.05, 0.1) is 12.1 Å². The minimum absolute atomic E-state index is 0.0667. The molecule has 0 aliphatic heterocycles. The second-order valence-corrected chi connectivity index (χ2v) is 8.62. The fourth-order valence-electron chi connectivity index (χ4n) is 2.91. The number of rotatable bonds is 6. The summed E-state index contributed by atoms with van der Waals surface area (Å²) in [5, 5.41) is 15.0. The van der Waals surface area contributed by atoms with Crippen molar-refractivity contribution in [2.24, 2.45) is 0 Å². The van der Waals surface area contributed by atoms with E-state index in [4.69, 9.17) is 0 Å². The zero-order valence-electron chi connectivity index (χ0n) is 16.3. The lowest BCUT2D eigenvalue weighted by atomic mass is 10.2. The van der Waals surface area contributed by atoms with Crippen LogP contribution < -0.4 is 5.32 Å². The van der Waals surface area contributed by atoms with E-state index < -0.39 is 0 Å². The Balaban J connectivity index is 1.37. The van der Waals surface area contributed by atoms with Crippen molar-refractivity contribution in [3.05, 3.63) is 63.5 Å². The number of carbonyl (C=O) groups is 1. The predicted octanol–water partition coefficient (Wildman–Crippen LogP) is 3.98. The predicted molar refractivity (Wildman–Crippen MR) is 115 cm³/mol. The first-order valence-corrected chi connectivity index (χ1v) is 11.0. The molecule has 1 aromatic carbocycles. The fraction of sp³-hybridized carbons (Fsp3) is 0.250. The first kappa shape index (κ1) is 19.5. The van der Waals surface area contributed by atoms with Gasteiger partial charge in [0.15, 0.2) is 10.8 Å². The van der Waals surface area contributed by atoms with Gasteiger partial charge in [0, 0.05) is 28.6 Å². The highest BCUT2D eigenvalue weighted by atomic mass is 32.2. The van der Waals surface area contributed by atoms with Crippen molar-refractivity contribution in [1.29, 1.82) is 0 Å². The van der Waals surface area contributed by atoms with Gasteiger partial charge in [-0.3, -0.25) is 9.20 Å². The van der Waals surface area contributed by atoms with Crippen LogP contribution in [0, 0.1) is 20.8 Å². The van der Waals surface area contributed by atoms with E-state index in [-0.39, 0.29) is 12.3 Å². The van der Waals surface area contributed by atoms with Gasteiger partial charge in [-0.2, -0.15) is 0 Å². The van der Waals surface area contributed by atoms with E-state index in [1.54, 1.807) is 11.8 Å². The summed E-state index contributed by atoms with van der Waals surface area (Å²) in [4.78, 5) is 21.3. The number of fused-ring (bicyclic) bond motifs is 1. The van der Waals surface area contributed by atoms with Crippen LogP contribution in [0.1, 0.15) is 27.8 Å². The van der Waals surface area contributed by atoms with Gasteiger partial charge >= 0.3 is 0 Å². The van der Waals surface area contributed by atoms with Gasteiger partial charge in [-0.15, -0.1) is 21.5 Å². The molecule has 9 heteroatoms. The Morgan fingerprint density at radius 3 is 2.72 bits per heavy atom. The average molecular weight is 425 g/mol. The molecule has 0 atom stereocenters. The summed E-state index contributed by atoms with van der Waals surface area (Å²) in [5.41, 5.74) is 4.60. The van der Waals surface area contributed by atoms with E-state index in [1.807, 2.05) is 60.9 Å². The number of anilines is 1. The number of nitrogens with zero attached hydrogens (tertiary/aromatic N) is 5. The van der Waals surface area contributed by atoms with Crippen molar-refractivity contribution < 1.29 is 4.79 Å². The summed E-state index contributed by atoms with van der Waals surface area (Å²) in [7, 11) is 0. The van der Waals surface area contributed by atoms with Gasteiger partial charge in [0.25, 0.3) is 0 Å². The van der Waals surface area contributed by atoms with E-state index in [1.165, 1.54) is 11.3 Å². The van der Waals surface area contributed by atoms with Crippen LogP contribution in [0.3, 0.4) is 0 Å². The number of aryl methyl sites for hydroxylation is 3. The molecule has 0 saturated carbocycles. The lowest BCUT2D eigenvalue weighted by molar-refractivity contribution is -0.115. The Bertz CT molecular complexity index is 1170. The van der Waals surface area contributed by atoms with Gasteiger partial charge in [-0.05, 0) is 32.9 Å². The van der Waals surface area contributed by atoms with Gasteiger partial charge in [-0.1, -0.05) is 29.5 Å². The molecule has 0 aliphatic rings. The van der Waals surface area contributed by atoms with Gasteiger partial charge in [0.2, 0.25) is 5.91 Å². The van der Waals surface area contributed by atoms with Gasteiger partial charge in [-0.25, -0.2) is 9.97 Å². The molecule has 3 heterocycles. The Kier molecular flexibility index (Phi) is 5.59. The van der Waals surface area contributed by atoms with Crippen LogP contribution in [0.15, 0.2) is 40.9 Å². The zero-order chi connectivity index (χ0) is 20.4. The summed E-state index contributed by atoms with van der Waals surface area (Å²) in [6.07, 6.45) is 0.263. The third kappa shape index (κ3) is 4.63. The Morgan fingerprint density at radius 2 is 1.93 bits per heavy atom. The maximum Gasteiger partial charge on any atom is 0.231 e. The highest BCUT2D eigenvalue weighted by Crippen LogP contribution is 2.24. The third-order valence-corrected chi connectivity index (χ3v) is 6.11. The Morgan fingerprint density at radius 1 is 1.14 bits per heavy atom. The van der Waals surface area contributed by atoms with E-state index in [0.717, 1.165) is 44.3 Å². The SMILES string of the molecule is Cc1ccc(NC(=O)Cc2nc(CSc3nnc4cc(C)nc(C)n34)cs2)cc1. The standard InChI is InChI=1S/C20H20N6OS2/c1-12-4-6-15(7-5-12)22-18(27)9-19-23-16(10-28-19)11-29-20-25-24-17-8-13(2)21-14(3)26(17)20/h4-8,10H,9,11H2,1-3H3,(H,22,27). The topological polar surface area (TPSA) is 85.1 Å². The van der Waals surface area contributed by atoms with Crippen LogP contribution in [0.25, 0.3) is 5.65 Å². The molecule has 0 unspecified atom stereocenters. The molecule has 0 saturated heterocycles. The van der Waals surface area contributed by atoms with E-state index in [0.29, 0.717) is 5.75 Å². The quantitative estimate of drug-likeness (QED) is 0.471. The van der Waals surface area contributed by atoms with Crippen molar-refractivity contribution in [2.45, 2.75) is 38.1 Å². The number of benzene rings is 1. The molecule has 1 N–H and O–H groups in total. The number of thioether (sulfide) groups is 1. The van der Waals surface area contributed by atoms with Crippen LogP contribution >= 0.6 is 23.1 Å². The molecule has 0 spiro atoms. The molecule has 0 bridgehead atoms. The van der Waals surface area contributed by atoms with Crippen molar-refractivity contribution in [2.75, 3.05) is 5.32 Å². The van der Waals surface area contributed by atoms with E-state index in [9.17, 15) is 4.79 Å². The number of thiazole rings is 1. The summed E-state index contributed by atoms with van der Waals surface area (Å²) in [5.74, 6) is 1.45. The molecule has 0 fully saturated rings. The molecule has 148 valence electrons. The molecule has 3 aromatic heterocycles. The van der Waals surface area contributed by atoms with Crippen LogP contribution in [0.5, 0.6) is 0 Å². The van der Waals surface area contributed by atoms with Crippen LogP contribution in [0.2, 0.25) is 0 Å². The molecule has 29 heavy (non-hydrogen) atoms. The lowest BCUT2D eigenvalue weighted by Crippen LogP contribution is -2.14. The molecular weight excluding hydrogens is 404 g/mol. The summed E-state index contributed by atoms with van der Waals surface area (Å²) in [6.45, 7) is 5.91. The number of amides is 1. The summed E-state index contributed by atoms with van der Waals surface area (Å²) in [6, 6.07) is 9.66. The van der Waals surface area contributed by atoms with Crippen LogP contribution in [-0.4, -0.2) is 30.5 Å². The molecular formula is C20H20N6OS2. The normalized spacial score (nSPS) is 11.1. The molecule has 1 amide bonds.